The molecule has 1 saturated heterocycles. The summed E-state index contributed by atoms with van der Waals surface area (Å²) >= 11 is 0. The first-order chi connectivity index (χ1) is 21.4. The molecule has 2 heterocycles. The van der Waals surface area contributed by atoms with Gasteiger partial charge in [-0.05, 0) is 104 Å². The maximum atomic E-state index is 13.5. The Morgan fingerprint density at radius 1 is 0.978 bits per heavy atom. The summed E-state index contributed by atoms with van der Waals surface area (Å²) in [4.78, 5) is 37.6. The Kier molecular flexibility index (Phi) is 12.3. The minimum atomic E-state index is -0.556. The summed E-state index contributed by atoms with van der Waals surface area (Å²) in [5.41, 5.74) is 2.74. The Morgan fingerprint density at radius 2 is 1.73 bits per heavy atom. The number of carbonyl (C=O) groups excluding carboxylic acids is 2. The fraction of sp³-hybridized carbons (Fsp3) is 0.639. The Labute approximate surface area is 270 Å². The number of amides is 2. The topological polar surface area (TPSA) is 87.2 Å². The predicted molar refractivity (Wildman–Crippen MR) is 178 cm³/mol. The van der Waals surface area contributed by atoms with Crippen molar-refractivity contribution in [2.24, 2.45) is 0 Å². The fourth-order valence-electron chi connectivity index (χ4n) is 6.30. The summed E-state index contributed by atoms with van der Waals surface area (Å²) in [6.07, 6.45) is 7.21. The third kappa shape index (κ3) is 11.3. The first kappa shape index (κ1) is 34.7. The summed E-state index contributed by atoms with van der Waals surface area (Å²) < 4.78 is 11.3. The number of aromatic nitrogens is 1. The molecule has 1 aromatic heterocycles. The molecule has 9 nitrogen and oxygen atoms in total. The van der Waals surface area contributed by atoms with E-state index >= 15 is 0 Å². The van der Waals surface area contributed by atoms with Crippen molar-refractivity contribution in [1.82, 2.24) is 25.0 Å². The van der Waals surface area contributed by atoms with Gasteiger partial charge in [0.1, 0.15) is 11.2 Å². The standard InChI is InChI=1S/C36H55N5O4/c1-35(2,3)44-33(42)38-20-10-11-22-40(31-18-12-16-29-17-13-21-37-32(29)31)27-30-26-39(23-19-28-14-8-7-9-15-28)24-25-41(30)34(43)45-36(4,5)6/h7-9,13-15,17,21,30-31H,10-12,16,18-20,22-27H2,1-6H3,(H,38,42)/t30-,31+/m1/s1. The van der Waals surface area contributed by atoms with Crippen LogP contribution in [0.4, 0.5) is 9.59 Å². The van der Waals surface area contributed by atoms with Crippen molar-refractivity contribution in [2.45, 2.75) is 103 Å². The lowest BCUT2D eigenvalue weighted by molar-refractivity contribution is -0.0110. The molecule has 1 N–H and O–H groups in total. The van der Waals surface area contributed by atoms with E-state index < -0.39 is 11.2 Å². The van der Waals surface area contributed by atoms with Crippen LogP contribution in [0.25, 0.3) is 0 Å². The third-order valence-corrected chi connectivity index (χ3v) is 8.35. The number of nitrogens with one attached hydrogen (secondary N) is 1. The number of ether oxygens (including phenoxy) is 2. The van der Waals surface area contributed by atoms with Gasteiger partial charge < -0.3 is 19.7 Å². The minimum Gasteiger partial charge on any atom is -0.444 e. The van der Waals surface area contributed by atoms with E-state index in [1.807, 2.05) is 58.7 Å². The lowest BCUT2D eigenvalue weighted by Crippen LogP contribution is -2.60. The average molecular weight is 622 g/mol. The van der Waals surface area contributed by atoms with Crippen molar-refractivity contribution in [3.63, 3.8) is 0 Å². The van der Waals surface area contributed by atoms with Crippen molar-refractivity contribution in [2.75, 3.05) is 45.8 Å². The molecule has 9 heteroatoms. The van der Waals surface area contributed by atoms with E-state index in [9.17, 15) is 9.59 Å². The van der Waals surface area contributed by atoms with Crippen molar-refractivity contribution in [1.29, 1.82) is 0 Å². The van der Waals surface area contributed by atoms with E-state index in [0.29, 0.717) is 13.1 Å². The molecule has 1 aliphatic carbocycles. The second-order valence-electron chi connectivity index (χ2n) is 14.5. The van der Waals surface area contributed by atoms with Gasteiger partial charge in [0, 0.05) is 45.5 Å². The molecule has 2 aromatic rings. The van der Waals surface area contributed by atoms with Crippen LogP contribution in [0.15, 0.2) is 48.7 Å². The molecule has 0 radical (unpaired) electrons. The molecule has 2 atom stereocenters. The van der Waals surface area contributed by atoms with Crippen LogP contribution < -0.4 is 5.32 Å². The van der Waals surface area contributed by atoms with E-state index in [1.54, 1.807) is 0 Å². The van der Waals surface area contributed by atoms with E-state index in [2.05, 4.69) is 51.5 Å². The van der Waals surface area contributed by atoms with Crippen LogP contribution in [0.5, 0.6) is 0 Å². The van der Waals surface area contributed by atoms with Crippen LogP contribution in [0.1, 0.15) is 90.1 Å². The van der Waals surface area contributed by atoms with E-state index in [-0.39, 0.29) is 24.3 Å². The normalized spacial score (nSPS) is 19.2. The minimum absolute atomic E-state index is 0.0154. The van der Waals surface area contributed by atoms with Crippen molar-refractivity contribution >= 4 is 12.2 Å². The Hall–Kier alpha value is -3.17. The molecule has 2 amide bonds. The van der Waals surface area contributed by atoms with E-state index in [1.165, 1.54) is 11.1 Å². The molecular formula is C36H55N5O4. The van der Waals surface area contributed by atoms with E-state index in [0.717, 1.165) is 76.9 Å². The first-order valence-electron chi connectivity index (χ1n) is 16.8. The second kappa shape index (κ2) is 15.9. The fourth-order valence-corrected chi connectivity index (χ4v) is 6.30. The molecule has 4 rings (SSSR count). The number of rotatable bonds is 11. The van der Waals surface area contributed by atoms with Crippen molar-refractivity contribution in [3.8, 4) is 0 Å². The average Bonchev–Trinajstić information content (AvgIpc) is 2.98. The van der Waals surface area contributed by atoms with Crippen LogP contribution in [-0.4, -0.2) is 94.9 Å². The summed E-state index contributed by atoms with van der Waals surface area (Å²) in [5.74, 6) is 0. The number of carbonyl (C=O) groups is 2. The van der Waals surface area contributed by atoms with Gasteiger partial charge in [-0.2, -0.15) is 0 Å². The molecule has 0 spiro atoms. The number of aryl methyl sites for hydroxylation is 1. The van der Waals surface area contributed by atoms with Crippen LogP contribution in [0.2, 0.25) is 0 Å². The van der Waals surface area contributed by atoms with Gasteiger partial charge in [-0.25, -0.2) is 9.59 Å². The Morgan fingerprint density at radius 3 is 2.47 bits per heavy atom. The zero-order valence-electron chi connectivity index (χ0n) is 28.4. The van der Waals surface area contributed by atoms with E-state index in [4.69, 9.17) is 14.5 Å². The molecule has 248 valence electrons. The molecule has 45 heavy (non-hydrogen) atoms. The van der Waals surface area contributed by atoms with Gasteiger partial charge in [0.2, 0.25) is 0 Å². The predicted octanol–water partition coefficient (Wildman–Crippen LogP) is 6.23. The van der Waals surface area contributed by atoms with Gasteiger partial charge in [0.15, 0.2) is 0 Å². The number of unbranched alkanes of at least 4 members (excludes halogenated alkanes) is 1. The van der Waals surface area contributed by atoms with Gasteiger partial charge >= 0.3 is 12.2 Å². The lowest BCUT2D eigenvalue weighted by Gasteiger charge is -2.45. The highest BCUT2D eigenvalue weighted by atomic mass is 16.6. The molecule has 2 aliphatic rings. The van der Waals surface area contributed by atoms with Crippen LogP contribution in [0.3, 0.4) is 0 Å². The highest BCUT2D eigenvalue weighted by molar-refractivity contribution is 5.69. The summed E-state index contributed by atoms with van der Waals surface area (Å²) in [5, 5.41) is 2.90. The van der Waals surface area contributed by atoms with Gasteiger partial charge in [-0.3, -0.25) is 14.8 Å². The summed E-state index contributed by atoms with van der Waals surface area (Å²) in [6.45, 7) is 16.8. The number of benzene rings is 1. The number of piperazine rings is 1. The van der Waals surface area contributed by atoms with Crippen LogP contribution in [0, 0.1) is 0 Å². The highest BCUT2D eigenvalue weighted by Crippen LogP contribution is 2.34. The largest absolute Gasteiger partial charge is 0.444 e. The first-order valence-corrected chi connectivity index (χ1v) is 16.8. The quantitative estimate of drug-likeness (QED) is 0.298. The Bertz CT molecular complexity index is 1230. The number of alkyl carbamates (subject to hydrolysis) is 1. The number of pyridine rings is 1. The maximum Gasteiger partial charge on any atom is 0.410 e. The number of hydrogen-bond donors (Lipinski definition) is 1. The molecule has 1 fully saturated rings. The molecule has 0 bridgehead atoms. The third-order valence-electron chi connectivity index (χ3n) is 8.35. The molecule has 0 unspecified atom stereocenters. The molecule has 1 aliphatic heterocycles. The SMILES string of the molecule is CC(C)(C)OC(=O)NCCCCN(C[C@H]1CN(CCc2ccccc2)CCN1C(=O)OC(C)(C)C)[C@H]1CCCc2cccnc21. The molecular weight excluding hydrogens is 566 g/mol. The van der Waals surface area contributed by atoms with Crippen LogP contribution in [-0.2, 0) is 22.3 Å². The molecule has 0 saturated carbocycles. The van der Waals surface area contributed by atoms with Gasteiger partial charge in [0.25, 0.3) is 0 Å². The Balaban J connectivity index is 1.49. The van der Waals surface area contributed by atoms with Gasteiger partial charge in [-0.15, -0.1) is 0 Å². The molecule has 1 aromatic carbocycles. The lowest BCUT2D eigenvalue weighted by atomic mass is 9.90. The summed E-state index contributed by atoms with van der Waals surface area (Å²) in [6, 6.07) is 15.0. The zero-order chi connectivity index (χ0) is 32.5. The zero-order valence-corrected chi connectivity index (χ0v) is 28.4. The van der Waals surface area contributed by atoms with Crippen LogP contribution >= 0.6 is 0 Å². The van der Waals surface area contributed by atoms with Crippen molar-refractivity contribution < 1.29 is 19.1 Å². The number of hydrogen-bond acceptors (Lipinski definition) is 7. The summed E-state index contributed by atoms with van der Waals surface area (Å²) in [7, 11) is 0. The second-order valence-corrected chi connectivity index (χ2v) is 14.5. The van der Waals surface area contributed by atoms with Gasteiger partial charge in [0.05, 0.1) is 17.8 Å². The highest BCUT2D eigenvalue weighted by Gasteiger charge is 2.36. The number of nitrogens with zero attached hydrogens (tertiary/aromatic N) is 4. The smallest absolute Gasteiger partial charge is 0.410 e. The number of fused-ring (bicyclic) bond motifs is 1. The maximum absolute atomic E-state index is 13.5. The van der Waals surface area contributed by atoms with Gasteiger partial charge in [-0.1, -0.05) is 36.4 Å². The van der Waals surface area contributed by atoms with Crippen molar-refractivity contribution in [3.05, 3.63) is 65.5 Å². The monoisotopic (exact) mass is 621 g/mol.